The molecule has 0 spiro atoms. The first-order valence-corrected chi connectivity index (χ1v) is 8.52. The number of guanidine groups is 1. The van der Waals surface area contributed by atoms with Gasteiger partial charge in [0.05, 0.1) is 19.3 Å². The summed E-state index contributed by atoms with van der Waals surface area (Å²) < 4.78 is 16.8. The predicted molar refractivity (Wildman–Crippen MR) is 93.9 cm³/mol. The predicted octanol–water partition coefficient (Wildman–Crippen LogP) is 1.77. The molecule has 1 aromatic rings. The van der Waals surface area contributed by atoms with E-state index in [1.165, 1.54) is 5.56 Å². The lowest BCUT2D eigenvalue weighted by Crippen LogP contribution is -2.48. The molecule has 2 aliphatic rings. The van der Waals surface area contributed by atoms with Gasteiger partial charge in [-0.2, -0.15) is 0 Å². The first-order valence-electron chi connectivity index (χ1n) is 8.52. The van der Waals surface area contributed by atoms with E-state index in [1.807, 2.05) is 6.07 Å². The van der Waals surface area contributed by atoms with Crippen LogP contribution in [0, 0.1) is 0 Å². The molecule has 6 nitrogen and oxygen atoms in total. The Balaban J connectivity index is 1.70. The molecule has 1 atom stereocenters. The van der Waals surface area contributed by atoms with Gasteiger partial charge < -0.3 is 24.8 Å². The van der Waals surface area contributed by atoms with Gasteiger partial charge in [-0.25, -0.2) is 0 Å². The van der Waals surface area contributed by atoms with Crippen molar-refractivity contribution in [2.24, 2.45) is 10.7 Å². The Morgan fingerprint density at radius 3 is 2.75 bits per heavy atom. The summed E-state index contributed by atoms with van der Waals surface area (Å²) in [4.78, 5) is 6.73. The molecule has 0 saturated carbocycles. The Morgan fingerprint density at radius 1 is 1.25 bits per heavy atom. The van der Waals surface area contributed by atoms with Crippen LogP contribution in [0.2, 0.25) is 0 Å². The van der Waals surface area contributed by atoms with Crippen LogP contribution in [-0.4, -0.2) is 56.4 Å². The third kappa shape index (κ3) is 3.75. The minimum absolute atomic E-state index is 0.141. The van der Waals surface area contributed by atoms with Crippen LogP contribution in [0.1, 0.15) is 26.3 Å². The maximum absolute atomic E-state index is 6.18. The van der Waals surface area contributed by atoms with Crippen LogP contribution in [0.3, 0.4) is 0 Å². The van der Waals surface area contributed by atoms with Crippen LogP contribution in [0.5, 0.6) is 11.5 Å². The molecule has 24 heavy (non-hydrogen) atoms. The Kier molecular flexibility index (Phi) is 4.85. The highest BCUT2D eigenvalue weighted by Crippen LogP contribution is 2.35. The van der Waals surface area contributed by atoms with Crippen LogP contribution in [-0.2, 0) is 10.2 Å². The fourth-order valence-electron chi connectivity index (χ4n) is 2.96. The van der Waals surface area contributed by atoms with Crippen LogP contribution in [0.25, 0.3) is 0 Å². The Labute approximate surface area is 143 Å². The molecule has 0 bridgehead atoms. The van der Waals surface area contributed by atoms with E-state index in [4.69, 9.17) is 19.9 Å². The summed E-state index contributed by atoms with van der Waals surface area (Å²) in [5, 5.41) is 0. The monoisotopic (exact) mass is 333 g/mol. The van der Waals surface area contributed by atoms with Crippen molar-refractivity contribution in [3.8, 4) is 11.5 Å². The smallest absolute Gasteiger partial charge is 0.191 e. The molecule has 1 unspecified atom stereocenters. The summed E-state index contributed by atoms with van der Waals surface area (Å²) in [6.07, 6.45) is 0.193. The standard InChI is InChI=1S/C18H27N3O3/c1-13-11-21(6-7-22-13)17(19)20-12-18(2,3)14-4-5-15-16(10-14)24-9-8-23-15/h4-5,10,13H,6-9,11-12H2,1-3H3,(H2,19,20). The molecule has 6 heteroatoms. The second-order valence-electron chi connectivity index (χ2n) is 7.04. The van der Waals surface area contributed by atoms with Crippen molar-refractivity contribution < 1.29 is 14.2 Å². The van der Waals surface area contributed by atoms with Crippen molar-refractivity contribution in [3.05, 3.63) is 23.8 Å². The van der Waals surface area contributed by atoms with Gasteiger partial charge in [0.25, 0.3) is 0 Å². The highest BCUT2D eigenvalue weighted by Gasteiger charge is 2.24. The van der Waals surface area contributed by atoms with E-state index in [9.17, 15) is 0 Å². The van der Waals surface area contributed by atoms with Gasteiger partial charge in [-0.1, -0.05) is 19.9 Å². The molecule has 0 aromatic heterocycles. The van der Waals surface area contributed by atoms with Gasteiger partial charge in [-0.05, 0) is 24.6 Å². The van der Waals surface area contributed by atoms with E-state index >= 15 is 0 Å². The molecule has 1 aromatic carbocycles. The molecule has 2 heterocycles. The Morgan fingerprint density at radius 2 is 2.00 bits per heavy atom. The summed E-state index contributed by atoms with van der Waals surface area (Å²) in [6.45, 7) is 10.5. The maximum Gasteiger partial charge on any atom is 0.191 e. The number of hydrogen-bond donors (Lipinski definition) is 1. The van der Waals surface area contributed by atoms with Gasteiger partial charge in [-0.3, -0.25) is 4.99 Å². The van der Waals surface area contributed by atoms with Gasteiger partial charge in [0, 0.05) is 18.5 Å². The Bertz CT molecular complexity index is 616. The molecule has 2 aliphatic heterocycles. The summed E-state index contributed by atoms with van der Waals surface area (Å²) in [7, 11) is 0. The fraction of sp³-hybridized carbons (Fsp3) is 0.611. The van der Waals surface area contributed by atoms with Crippen LogP contribution in [0.4, 0.5) is 0 Å². The van der Waals surface area contributed by atoms with Gasteiger partial charge in [0.2, 0.25) is 0 Å². The zero-order valence-corrected chi connectivity index (χ0v) is 14.7. The maximum atomic E-state index is 6.18. The molecule has 1 fully saturated rings. The molecule has 3 rings (SSSR count). The number of hydrogen-bond acceptors (Lipinski definition) is 4. The van der Waals surface area contributed by atoms with Crippen molar-refractivity contribution in [1.29, 1.82) is 0 Å². The number of nitrogens with two attached hydrogens (primary N) is 1. The second-order valence-corrected chi connectivity index (χ2v) is 7.04. The van der Waals surface area contributed by atoms with Crippen molar-refractivity contribution in [2.45, 2.75) is 32.3 Å². The van der Waals surface area contributed by atoms with E-state index < -0.39 is 0 Å². The zero-order chi connectivity index (χ0) is 17.2. The number of fused-ring (bicyclic) bond motifs is 1. The molecule has 132 valence electrons. The summed E-state index contributed by atoms with van der Waals surface area (Å²) in [6, 6.07) is 6.11. The van der Waals surface area contributed by atoms with Gasteiger partial charge in [-0.15, -0.1) is 0 Å². The molecule has 0 aliphatic carbocycles. The number of ether oxygens (including phenoxy) is 3. The first-order chi connectivity index (χ1) is 11.5. The second kappa shape index (κ2) is 6.89. The molecule has 0 radical (unpaired) electrons. The van der Waals surface area contributed by atoms with Gasteiger partial charge in [0.15, 0.2) is 17.5 Å². The number of benzene rings is 1. The van der Waals surface area contributed by atoms with Gasteiger partial charge in [0.1, 0.15) is 13.2 Å². The van der Waals surface area contributed by atoms with Crippen LogP contribution >= 0.6 is 0 Å². The lowest BCUT2D eigenvalue weighted by Gasteiger charge is -2.32. The van der Waals surface area contributed by atoms with E-state index in [0.29, 0.717) is 32.3 Å². The third-order valence-corrected chi connectivity index (χ3v) is 4.53. The van der Waals surface area contributed by atoms with E-state index in [2.05, 4.69) is 42.8 Å². The fourth-order valence-corrected chi connectivity index (χ4v) is 2.96. The first kappa shape index (κ1) is 16.9. The lowest BCUT2D eigenvalue weighted by atomic mass is 9.84. The third-order valence-electron chi connectivity index (χ3n) is 4.53. The number of rotatable bonds is 3. The molecular formula is C18H27N3O3. The van der Waals surface area contributed by atoms with E-state index in [1.54, 1.807) is 0 Å². The summed E-state index contributed by atoms with van der Waals surface area (Å²) in [5.74, 6) is 2.22. The Hall–Kier alpha value is -1.95. The quantitative estimate of drug-likeness (QED) is 0.674. The number of nitrogens with zero attached hydrogens (tertiary/aromatic N) is 2. The molecular weight excluding hydrogens is 306 g/mol. The molecule has 0 amide bonds. The van der Waals surface area contributed by atoms with Crippen molar-refractivity contribution >= 4 is 5.96 Å². The van der Waals surface area contributed by atoms with Crippen LogP contribution in [0.15, 0.2) is 23.2 Å². The normalized spacial score (nSPS) is 21.7. The zero-order valence-electron chi connectivity index (χ0n) is 14.7. The number of morpholine rings is 1. The van der Waals surface area contributed by atoms with Crippen molar-refractivity contribution in [3.63, 3.8) is 0 Å². The van der Waals surface area contributed by atoms with E-state index in [-0.39, 0.29) is 11.5 Å². The van der Waals surface area contributed by atoms with Crippen molar-refractivity contribution in [2.75, 3.05) is 39.5 Å². The van der Waals surface area contributed by atoms with Crippen molar-refractivity contribution in [1.82, 2.24) is 4.90 Å². The number of aliphatic imine (C=N–C) groups is 1. The van der Waals surface area contributed by atoms with E-state index in [0.717, 1.165) is 24.6 Å². The average molecular weight is 333 g/mol. The minimum Gasteiger partial charge on any atom is -0.486 e. The average Bonchev–Trinajstić information content (AvgIpc) is 2.59. The molecule has 1 saturated heterocycles. The summed E-state index contributed by atoms with van der Waals surface area (Å²) in [5.41, 5.74) is 7.21. The highest BCUT2D eigenvalue weighted by molar-refractivity contribution is 5.78. The largest absolute Gasteiger partial charge is 0.486 e. The summed E-state index contributed by atoms with van der Waals surface area (Å²) >= 11 is 0. The van der Waals surface area contributed by atoms with Gasteiger partial charge >= 0.3 is 0 Å². The topological polar surface area (TPSA) is 69.3 Å². The minimum atomic E-state index is -0.141. The highest BCUT2D eigenvalue weighted by atomic mass is 16.6. The molecule has 2 N–H and O–H groups in total. The van der Waals surface area contributed by atoms with Crippen LogP contribution < -0.4 is 15.2 Å². The SMILES string of the molecule is CC1CN(C(N)=NCC(C)(C)c2ccc3c(c2)OCCO3)CCO1. The lowest BCUT2D eigenvalue weighted by molar-refractivity contribution is 0.00527.